The molecule has 3 aliphatic rings. The van der Waals surface area contributed by atoms with Gasteiger partial charge in [0.15, 0.2) is 11.4 Å². The molecule has 1 amide bonds. The third-order valence-electron chi connectivity index (χ3n) is 7.69. The number of benzene rings is 2. The van der Waals surface area contributed by atoms with Gasteiger partial charge in [-0.15, -0.1) is 0 Å². The first-order chi connectivity index (χ1) is 17.8. The quantitative estimate of drug-likeness (QED) is 0.357. The van der Waals surface area contributed by atoms with Gasteiger partial charge in [0.1, 0.15) is 22.8 Å². The van der Waals surface area contributed by atoms with Crippen LogP contribution in [0.25, 0.3) is 10.8 Å². The van der Waals surface area contributed by atoms with E-state index in [-0.39, 0.29) is 49.3 Å². The number of aromatic hydroxyl groups is 2. The van der Waals surface area contributed by atoms with E-state index in [1.54, 1.807) is 6.07 Å². The number of piperazine rings is 1. The summed E-state index contributed by atoms with van der Waals surface area (Å²) in [7, 11) is 0. The van der Waals surface area contributed by atoms with Crippen LogP contribution in [0.5, 0.6) is 11.5 Å². The summed E-state index contributed by atoms with van der Waals surface area (Å²) in [6, 6.07) is 4.52. The lowest BCUT2D eigenvalue weighted by Crippen LogP contribution is -2.67. The number of carbonyl (C=O) groups is 3. The number of Topliss-reactive ketones (excluding diaryl/α,β-unsaturated/α-hetero) is 2. The van der Waals surface area contributed by atoms with Crippen LogP contribution in [-0.2, 0) is 16.0 Å². The average molecular weight is 535 g/mol. The first-order valence-corrected chi connectivity index (χ1v) is 11.8. The van der Waals surface area contributed by atoms with Crippen molar-refractivity contribution in [3.05, 3.63) is 46.7 Å². The second-order valence-corrected chi connectivity index (χ2v) is 9.86. The Hall–Kier alpha value is -3.68. The molecule has 0 saturated carbocycles. The van der Waals surface area contributed by atoms with Crippen LogP contribution in [0, 0.1) is 5.92 Å². The van der Waals surface area contributed by atoms with Crippen LogP contribution < -0.4 is 5.73 Å². The molecule has 1 heterocycles. The number of alkyl halides is 3. The summed E-state index contributed by atoms with van der Waals surface area (Å²) in [5.74, 6) is -7.10. The van der Waals surface area contributed by atoms with E-state index in [1.165, 1.54) is 23.1 Å². The van der Waals surface area contributed by atoms with Crippen LogP contribution in [0.4, 0.5) is 13.2 Å². The highest BCUT2D eigenvalue weighted by molar-refractivity contribution is 6.25. The number of halogens is 3. The number of fused-ring (bicyclic) bond motifs is 3. The minimum absolute atomic E-state index is 0.0518. The molecule has 3 atom stereocenters. The van der Waals surface area contributed by atoms with Crippen LogP contribution in [0.3, 0.4) is 0 Å². The van der Waals surface area contributed by atoms with E-state index < -0.39 is 70.4 Å². The molecule has 10 nitrogen and oxygen atoms in total. The fourth-order valence-corrected chi connectivity index (χ4v) is 6.00. The number of aliphatic hydroxyl groups excluding tert-OH is 1. The van der Waals surface area contributed by atoms with Crippen molar-refractivity contribution in [2.24, 2.45) is 11.7 Å². The minimum atomic E-state index is -4.42. The van der Waals surface area contributed by atoms with Crippen LogP contribution in [0.1, 0.15) is 15.9 Å². The second kappa shape index (κ2) is 8.68. The van der Waals surface area contributed by atoms with Gasteiger partial charge < -0.3 is 26.2 Å². The van der Waals surface area contributed by atoms with Crippen molar-refractivity contribution in [3.8, 4) is 11.5 Å². The van der Waals surface area contributed by atoms with E-state index in [1.807, 2.05) is 0 Å². The molecule has 2 aliphatic carbocycles. The number of primary amides is 1. The monoisotopic (exact) mass is 535 g/mol. The SMILES string of the molecule is NC(=O)C1=C(O)[C@@]2(O)C(=O)c3c(cc4cccc(O)c4c3O)C[C@H]2[C@@H](N2CCN(CC(F)(F)F)CC2)C1=O. The summed E-state index contributed by atoms with van der Waals surface area (Å²) in [5, 5.41) is 44.1. The number of aliphatic hydroxyl groups is 2. The normalized spacial score (nSPS) is 26.9. The van der Waals surface area contributed by atoms with Crippen molar-refractivity contribution in [2.75, 3.05) is 32.7 Å². The molecular formula is C25H24F3N3O7. The molecule has 0 spiro atoms. The number of hydrogen-bond donors (Lipinski definition) is 5. The lowest BCUT2D eigenvalue weighted by molar-refractivity contribution is -0.153. The van der Waals surface area contributed by atoms with Gasteiger partial charge in [0, 0.05) is 32.1 Å². The largest absolute Gasteiger partial charge is 0.508 e. The van der Waals surface area contributed by atoms with Gasteiger partial charge in [-0.1, -0.05) is 18.2 Å². The predicted octanol–water partition coefficient (Wildman–Crippen LogP) is 0.766. The second-order valence-electron chi connectivity index (χ2n) is 9.86. The Morgan fingerprint density at radius 1 is 1.11 bits per heavy atom. The van der Waals surface area contributed by atoms with Gasteiger partial charge in [-0.05, 0) is 23.4 Å². The zero-order valence-corrected chi connectivity index (χ0v) is 19.8. The van der Waals surface area contributed by atoms with Crippen molar-refractivity contribution < 1.29 is 48.0 Å². The van der Waals surface area contributed by atoms with Gasteiger partial charge >= 0.3 is 6.18 Å². The Morgan fingerprint density at radius 2 is 1.76 bits per heavy atom. The molecule has 2 aromatic carbocycles. The van der Waals surface area contributed by atoms with Crippen molar-refractivity contribution >= 4 is 28.2 Å². The van der Waals surface area contributed by atoms with E-state index in [0.29, 0.717) is 5.39 Å². The van der Waals surface area contributed by atoms with Gasteiger partial charge in [0.25, 0.3) is 5.91 Å². The summed E-state index contributed by atoms with van der Waals surface area (Å²) in [5.41, 5.74) is 1.36. The molecule has 6 N–H and O–H groups in total. The highest BCUT2D eigenvalue weighted by atomic mass is 19.4. The molecule has 13 heteroatoms. The topological polar surface area (TPSA) is 165 Å². The van der Waals surface area contributed by atoms with E-state index >= 15 is 0 Å². The Bertz CT molecular complexity index is 1420. The van der Waals surface area contributed by atoms with Gasteiger partial charge in [-0.25, -0.2) is 0 Å². The number of nitrogens with zero attached hydrogens (tertiary/aromatic N) is 2. The number of hydrogen-bond acceptors (Lipinski definition) is 9. The molecule has 0 bridgehead atoms. The lowest BCUT2D eigenvalue weighted by Gasteiger charge is -2.50. The summed E-state index contributed by atoms with van der Waals surface area (Å²) in [4.78, 5) is 42.1. The molecule has 1 fully saturated rings. The number of carbonyl (C=O) groups excluding carboxylic acids is 3. The van der Waals surface area contributed by atoms with Crippen molar-refractivity contribution in [3.63, 3.8) is 0 Å². The Morgan fingerprint density at radius 3 is 2.37 bits per heavy atom. The third kappa shape index (κ3) is 3.80. The van der Waals surface area contributed by atoms with Gasteiger partial charge in [-0.3, -0.25) is 24.2 Å². The molecule has 202 valence electrons. The van der Waals surface area contributed by atoms with Gasteiger partial charge in [-0.2, -0.15) is 13.2 Å². The fraction of sp³-hybridized carbons (Fsp3) is 0.400. The Balaban J connectivity index is 1.62. The summed E-state index contributed by atoms with van der Waals surface area (Å²) >= 11 is 0. The predicted molar refractivity (Wildman–Crippen MR) is 125 cm³/mol. The van der Waals surface area contributed by atoms with Crippen molar-refractivity contribution in [2.45, 2.75) is 24.2 Å². The number of ketones is 2. The Kier molecular flexibility index (Phi) is 5.93. The first kappa shape index (κ1) is 25.9. The van der Waals surface area contributed by atoms with E-state index in [0.717, 1.165) is 4.90 Å². The van der Waals surface area contributed by atoms with Gasteiger partial charge in [0.2, 0.25) is 5.78 Å². The molecule has 5 rings (SSSR count). The maximum atomic E-state index is 13.8. The highest BCUT2D eigenvalue weighted by Gasteiger charge is 2.62. The van der Waals surface area contributed by atoms with E-state index in [9.17, 15) is 48.0 Å². The minimum Gasteiger partial charge on any atom is -0.508 e. The molecular weight excluding hydrogens is 511 g/mol. The summed E-state index contributed by atoms with van der Waals surface area (Å²) < 4.78 is 38.6. The number of phenolic OH excluding ortho intramolecular Hbond substituents is 2. The molecule has 0 aromatic heterocycles. The number of phenols is 2. The molecule has 0 unspecified atom stereocenters. The standard InChI is InChI=1S/C25H24F3N3O7/c26-24(27,28)10-30-4-6-31(7-5-30)18-13-9-12-8-11-2-1-3-14(32)15(11)19(33)16(12)21(35)25(13,38)22(36)17(20(18)34)23(29)37/h1-3,8,13,18,32-33,36,38H,4-7,9-10H2,(H2,29,37)/t13-,18+,25-/m0/s1. The molecule has 2 aromatic rings. The molecule has 0 radical (unpaired) electrons. The van der Waals surface area contributed by atoms with Crippen molar-refractivity contribution in [1.29, 1.82) is 0 Å². The average Bonchev–Trinajstić information content (AvgIpc) is 2.81. The zero-order valence-electron chi connectivity index (χ0n) is 19.8. The highest BCUT2D eigenvalue weighted by Crippen LogP contribution is 2.49. The van der Waals surface area contributed by atoms with Crippen molar-refractivity contribution in [1.82, 2.24) is 9.80 Å². The number of nitrogens with two attached hydrogens (primary N) is 1. The van der Waals surface area contributed by atoms with E-state index in [2.05, 4.69) is 0 Å². The molecule has 1 saturated heterocycles. The van der Waals surface area contributed by atoms with E-state index in [4.69, 9.17) is 5.73 Å². The van der Waals surface area contributed by atoms with Gasteiger partial charge in [0.05, 0.1) is 23.5 Å². The summed E-state index contributed by atoms with van der Waals surface area (Å²) in [6.07, 6.45) is -4.64. The maximum Gasteiger partial charge on any atom is 0.401 e. The van der Waals surface area contributed by atoms with Crippen LogP contribution in [0.15, 0.2) is 35.6 Å². The number of rotatable bonds is 3. The Labute approximate surface area is 213 Å². The van der Waals surface area contributed by atoms with Crippen LogP contribution in [-0.4, -0.2) is 98.2 Å². The third-order valence-corrected chi connectivity index (χ3v) is 7.69. The van der Waals surface area contributed by atoms with Crippen LogP contribution >= 0.6 is 0 Å². The summed E-state index contributed by atoms with van der Waals surface area (Å²) in [6.45, 7) is -1.41. The number of amides is 1. The lowest BCUT2D eigenvalue weighted by atomic mass is 9.61. The smallest absolute Gasteiger partial charge is 0.401 e. The fourth-order valence-electron chi connectivity index (χ4n) is 6.00. The first-order valence-electron chi connectivity index (χ1n) is 11.8. The maximum absolute atomic E-state index is 13.8. The molecule has 38 heavy (non-hydrogen) atoms. The zero-order chi connectivity index (χ0) is 27.7. The molecule has 1 aliphatic heterocycles. The van der Waals surface area contributed by atoms with Crippen LogP contribution in [0.2, 0.25) is 0 Å².